The Hall–Kier alpha value is -7.82. The molecule has 0 radical (unpaired) electrons. The van der Waals surface area contributed by atoms with Crippen molar-refractivity contribution in [1.82, 2.24) is 19.3 Å². The van der Waals surface area contributed by atoms with Crippen LogP contribution in [0.3, 0.4) is 0 Å². The zero-order valence-electron chi connectivity index (χ0n) is 40.7. The van der Waals surface area contributed by atoms with Gasteiger partial charge >= 0.3 is 5.97 Å². The summed E-state index contributed by atoms with van der Waals surface area (Å²) < 4.78 is 30.8. The fourth-order valence-corrected chi connectivity index (χ4v) is 8.27. The minimum Gasteiger partial charge on any atom is -0.494 e. The number of hydrogen-bond donors (Lipinski definition) is 3. The van der Waals surface area contributed by atoms with Crippen molar-refractivity contribution in [3.8, 4) is 34.3 Å². The number of carbonyl (C=O) groups is 1. The maximum Gasteiger partial charge on any atom is 0.335 e. The van der Waals surface area contributed by atoms with Gasteiger partial charge in [0.05, 0.1) is 31.9 Å². The molecule has 0 atom stereocenters. The van der Waals surface area contributed by atoms with Gasteiger partial charge in [-0.15, -0.1) is 0 Å². The van der Waals surface area contributed by atoms with Gasteiger partial charge in [-0.1, -0.05) is 72.7 Å². The smallest absolute Gasteiger partial charge is 0.335 e. The molecule has 2 aliphatic heterocycles. The highest BCUT2D eigenvalue weighted by Crippen LogP contribution is 2.30. The number of amidine groups is 1. The highest BCUT2D eigenvalue weighted by molar-refractivity contribution is 5.96. The third-order valence-corrected chi connectivity index (χ3v) is 12.2. The summed E-state index contributed by atoms with van der Waals surface area (Å²) in [4.78, 5) is 39.7. The lowest BCUT2D eigenvalue weighted by Crippen LogP contribution is -2.23. The van der Waals surface area contributed by atoms with Crippen molar-refractivity contribution in [2.45, 2.75) is 77.3 Å². The first-order valence-corrected chi connectivity index (χ1v) is 24.4. The van der Waals surface area contributed by atoms with E-state index in [4.69, 9.17) is 39.5 Å². The first kappa shape index (κ1) is 52.0. The second-order valence-corrected chi connectivity index (χ2v) is 17.5. The van der Waals surface area contributed by atoms with Crippen LogP contribution in [-0.4, -0.2) is 81.0 Å². The van der Waals surface area contributed by atoms with Crippen molar-refractivity contribution in [2.24, 2.45) is 10.9 Å². The quantitative estimate of drug-likeness (QED) is 0.0357. The van der Waals surface area contributed by atoms with Crippen molar-refractivity contribution in [3.05, 3.63) is 188 Å². The van der Waals surface area contributed by atoms with Gasteiger partial charge in [-0.05, 0) is 133 Å². The van der Waals surface area contributed by atoms with Gasteiger partial charge in [0.1, 0.15) is 11.5 Å². The predicted octanol–water partition coefficient (Wildman–Crippen LogP) is 9.36. The first-order valence-electron chi connectivity index (χ1n) is 24.4. The molecule has 4 aromatic carbocycles. The molecule has 16 nitrogen and oxygen atoms in total. The molecule has 9 rings (SSSR count). The first-order chi connectivity index (χ1) is 35.1. The molecule has 5 heterocycles. The number of nitrogens with zero attached hydrogens (tertiary/aromatic N) is 5. The van der Waals surface area contributed by atoms with Crippen LogP contribution in [0, 0.1) is 0 Å². The minimum absolute atomic E-state index is 0.0335. The summed E-state index contributed by atoms with van der Waals surface area (Å²) in [6.45, 7) is 9.50. The molecule has 7 aromatic rings. The molecular weight excluding hydrogens is 917 g/mol. The van der Waals surface area contributed by atoms with E-state index in [1.807, 2.05) is 79.7 Å². The third-order valence-electron chi connectivity index (χ3n) is 12.2. The predicted molar refractivity (Wildman–Crippen MR) is 274 cm³/mol. The van der Waals surface area contributed by atoms with Gasteiger partial charge in [0.25, 0.3) is 17.0 Å². The molecule has 0 spiro atoms. The molecule has 0 unspecified atom stereocenters. The highest BCUT2D eigenvalue weighted by atomic mass is 16.5. The second-order valence-electron chi connectivity index (χ2n) is 17.5. The van der Waals surface area contributed by atoms with Crippen LogP contribution in [0.4, 0.5) is 0 Å². The van der Waals surface area contributed by atoms with Crippen LogP contribution >= 0.6 is 0 Å². The van der Waals surface area contributed by atoms with E-state index in [0.29, 0.717) is 61.0 Å². The van der Waals surface area contributed by atoms with Crippen LogP contribution in [0.2, 0.25) is 0 Å². The normalized spacial score (nSPS) is 14.1. The van der Waals surface area contributed by atoms with Crippen LogP contribution in [0.25, 0.3) is 22.8 Å². The van der Waals surface area contributed by atoms with Crippen LogP contribution in [-0.2, 0) is 22.6 Å². The van der Waals surface area contributed by atoms with Crippen molar-refractivity contribution in [1.29, 1.82) is 0 Å². The number of aromatic carboxylic acids is 1. The zero-order valence-corrected chi connectivity index (χ0v) is 40.7. The summed E-state index contributed by atoms with van der Waals surface area (Å²) in [5, 5.41) is 24.6. The van der Waals surface area contributed by atoms with Crippen LogP contribution in [0.1, 0.15) is 102 Å². The summed E-state index contributed by atoms with van der Waals surface area (Å²) >= 11 is 0. The fourth-order valence-electron chi connectivity index (χ4n) is 8.27. The monoisotopic (exact) mass is 978 g/mol. The molecule has 0 saturated carbocycles. The maximum absolute atomic E-state index is 12.5. The van der Waals surface area contributed by atoms with Gasteiger partial charge in [-0.3, -0.25) is 9.59 Å². The number of aromatic nitrogens is 4. The Morgan fingerprint density at radius 3 is 1.67 bits per heavy atom. The average Bonchev–Trinajstić information content (AvgIpc) is 3.93. The number of pyridine rings is 2. The molecule has 376 valence electrons. The summed E-state index contributed by atoms with van der Waals surface area (Å²) in [5.41, 5.74) is 12.2. The van der Waals surface area contributed by atoms with Crippen molar-refractivity contribution >= 4 is 11.8 Å². The number of hydrogen-bond acceptors (Lipinski definition) is 12. The fraction of sp³-hybridized carbons (Fsp3) is 0.321. The van der Waals surface area contributed by atoms with E-state index < -0.39 is 5.97 Å². The van der Waals surface area contributed by atoms with Crippen LogP contribution < -0.4 is 26.3 Å². The molecule has 0 aliphatic carbocycles. The molecule has 2 saturated heterocycles. The molecule has 2 fully saturated rings. The SMILES string of the molecule is CCCOc1cccc(Cn2cc(-c3noc(-c4ccc(C5CCOCC5)cc4)n3)ccc2=O)c1.CCCOc1cccc(Cn2cc(/C(N)=N/O)ccc2=O)c1.O=C(O)c1ccc(C2CCOCC2)cc1. The lowest BCUT2D eigenvalue weighted by molar-refractivity contribution is 0.0696. The number of rotatable bonds is 16. The summed E-state index contributed by atoms with van der Waals surface area (Å²) in [6, 6.07) is 37.1. The molecule has 0 bridgehead atoms. The van der Waals surface area contributed by atoms with Crippen molar-refractivity contribution in [3.63, 3.8) is 0 Å². The van der Waals surface area contributed by atoms with Gasteiger partial charge in [0, 0.05) is 67.6 Å². The maximum atomic E-state index is 12.5. The molecule has 4 N–H and O–H groups in total. The number of nitrogens with two attached hydrogens (primary N) is 1. The van der Waals surface area contributed by atoms with Crippen molar-refractivity contribution in [2.75, 3.05) is 39.6 Å². The standard InChI is InChI=1S/C28H29N3O4.C16H19N3O3.C12H14O3/c1-2-14-34-25-5-3-4-20(17-25)18-31-19-24(10-11-26(31)32)27-29-28(35-30-27)23-8-6-21(7-9-23)22-12-15-33-16-13-22;1-2-8-22-14-5-3-4-12(9-14)10-19-11-13(16(17)18-21)6-7-15(19)20;13-12(14)11-3-1-9(2-4-11)10-5-7-15-8-6-10/h3-11,17,19,22H,2,12-16,18H2,1H3;3-7,9,11,21H,2,8,10H2,1H3,(H2,17,18);1-4,10H,5-8H2,(H,13,14). The summed E-state index contributed by atoms with van der Waals surface area (Å²) in [5.74, 6) is 2.65. The number of benzene rings is 4. The van der Waals surface area contributed by atoms with E-state index in [0.717, 1.165) is 98.7 Å². The largest absolute Gasteiger partial charge is 0.494 e. The number of oxime groups is 1. The molecule has 16 heteroatoms. The molecule has 2 aliphatic rings. The Labute approximate surface area is 418 Å². The van der Waals surface area contributed by atoms with Gasteiger partial charge in [0.15, 0.2) is 5.84 Å². The van der Waals surface area contributed by atoms with E-state index in [-0.39, 0.29) is 17.0 Å². The van der Waals surface area contributed by atoms with Gasteiger partial charge in [-0.25, -0.2) is 4.79 Å². The zero-order chi connectivity index (χ0) is 50.7. The van der Waals surface area contributed by atoms with E-state index in [9.17, 15) is 14.4 Å². The second kappa shape index (κ2) is 26.4. The Bertz CT molecular complexity index is 2970. The van der Waals surface area contributed by atoms with E-state index in [2.05, 4.69) is 34.4 Å². The summed E-state index contributed by atoms with van der Waals surface area (Å²) in [6.07, 6.45) is 9.39. The Balaban J connectivity index is 0.000000175. The summed E-state index contributed by atoms with van der Waals surface area (Å²) in [7, 11) is 0. The lowest BCUT2D eigenvalue weighted by Gasteiger charge is -2.22. The Kier molecular flexibility index (Phi) is 19.1. The number of ether oxygens (including phenoxy) is 4. The van der Waals surface area contributed by atoms with Crippen molar-refractivity contribution < 1.29 is 38.6 Å². The highest BCUT2D eigenvalue weighted by Gasteiger charge is 2.18. The molecular formula is C56H62N6O10. The van der Waals surface area contributed by atoms with Crippen LogP contribution in [0.15, 0.2) is 153 Å². The van der Waals surface area contributed by atoms with E-state index in [1.54, 1.807) is 35.2 Å². The van der Waals surface area contributed by atoms with Gasteiger partial charge in [0.2, 0.25) is 5.82 Å². The molecule has 3 aromatic heterocycles. The van der Waals surface area contributed by atoms with E-state index in [1.165, 1.54) is 33.9 Å². The van der Waals surface area contributed by atoms with E-state index >= 15 is 0 Å². The Morgan fingerprint density at radius 1 is 0.667 bits per heavy atom. The lowest BCUT2D eigenvalue weighted by atomic mass is 9.91. The third kappa shape index (κ3) is 14.9. The van der Waals surface area contributed by atoms with Gasteiger partial charge in [-0.2, -0.15) is 4.98 Å². The Morgan fingerprint density at radius 2 is 1.15 bits per heavy atom. The topological polar surface area (TPSA) is 216 Å². The number of carboxylic acids is 1. The average molecular weight is 979 g/mol. The van der Waals surface area contributed by atoms with Gasteiger partial charge < -0.3 is 48.7 Å². The van der Waals surface area contributed by atoms with Crippen LogP contribution in [0.5, 0.6) is 11.5 Å². The minimum atomic E-state index is -0.867. The number of carboxylic acid groups (broad SMARTS) is 1. The molecule has 0 amide bonds. The molecule has 72 heavy (non-hydrogen) atoms.